The number of hydrogen-bond acceptors (Lipinski definition) is 4. The maximum atomic E-state index is 12.5. The number of anilines is 1. The molecule has 0 aliphatic rings. The van der Waals surface area contributed by atoms with Crippen LogP contribution in [0.4, 0.5) is 5.69 Å². The van der Waals surface area contributed by atoms with Crippen molar-refractivity contribution < 1.29 is 13.2 Å². The Morgan fingerprint density at radius 2 is 2.04 bits per heavy atom. The van der Waals surface area contributed by atoms with Crippen molar-refractivity contribution in [2.45, 2.75) is 19.5 Å². The van der Waals surface area contributed by atoms with Crippen LogP contribution in [0.25, 0.3) is 0 Å². The summed E-state index contributed by atoms with van der Waals surface area (Å²) in [6.45, 7) is 1.72. The van der Waals surface area contributed by atoms with E-state index in [2.05, 4.69) is 10.3 Å². The fourth-order valence-corrected chi connectivity index (χ4v) is 3.88. The van der Waals surface area contributed by atoms with Gasteiger partial charge in [0, 0.05) is 24.0 Å². The number of hydrogen-bond donors (Lipinski definition) is 1. The largest absolute Gasteiger partial charge is 0.350 e. The minimum absolute atomic E-state index is 0.153. The van der Waals surface area contributed by atoms with Gasteiger partial charge in [-0.15, -0.1) is 0 Å². The summed E-state index contributed by atoms with van der Waals surface area (Å²) in [4.78, 5) is 16.4. The number of amides is 1. The van der Waals surface area contributed by atoms with Crippen molar-refractivity contribution in [3.05, 3.63) is 58.3 Å². The summed E-state index contributed by atoms with van der Waals surface area (Å²) in [7, 11) is -3.77. The summed E-state index contributed by atoms with van der Waals surface area (Å²) in [5.41, 5.74) is 0.954. The number of pyridine rings is 1. The first-order valence-electron chi connectivity index (χ1n) is 7.31. The van der Waals surface area contributed by atoms with Gasteiger partial charge in [0.1, 0.15) is 6.04 Å². The van der Waals surface area contributed by atoms with Crippen LogP contribution >= 0.6 is 23.2 Å². The van der Waals surface area contributed by atoms with Crippen LogP contribution in [0.2, 0.25) is 10.0 Å². The van der Waals surface area contributed by atoms with E-state index >= 15 is 0 Å². The molecule has 0 saturated heterocycles. The van der Waals surface area contributed by atoms with E-state index in [0.717, 1.165) is 16.1 Å². The molecule has 0 aliphatic heterocycles. The van der Waals surface area contributed by atoms with Gasteiger partial charge in [-0.25, -0.2) is 8.42 Å². The van der Waals surface area contributed by atoms with Gasteiger partial charge >= 0.3 is 0 Å². The van der Waals surface area contributed by atoms with Crippen LogP contribution in [0.1, 0.15) is 12.5 Å². The van der Waals surface area contributed by atoms with E-state index in [1.807, 2.05) is 0 Å². The first-order chi connectivity index (χ1) is 11.7. The number of carbonyl (C=O) groups excluding carboxylic acids is 1. The summed E-state index contributed by atoms with van der Waals surface area (Å²) >= 11 is 12.1. The third-order valence-corrected chi connectivity index (χ3v) is 5.21. The molecular formula is C16H17Cl2N3O3S. The molecule has 0 saturated carbocycles. The Morgan fingerprint density at radius 1 is 1.32 bits per heavy atom. The summed E-state index contributed by atoms with van der Waals surface area (Å²) in [5.74, 6) is -0.467. The standard InChI is InChI=1S/C16H17Cl2N3O3S/c1-11(16(22)20-10-12-4-3-7-19-9-12)21(25(2,23)24)15-8-13(17)5-6-14(15)18/h3-9,11H,10H2,1-2H3,(H,20,22). The average molecular weight is 402 g/mol. The normalized spacial score (nSPS) is 12.5. The predicted octanol–water partition coefficient (Wildman–Crippen LogP) is 2.86. The molecule has 0 fully saturated rings. The lowest BCUT2D eigenvalue weighted by molar-refractivity contribution is -0.122. The number of sulfonamides is 1. The fraction of sp³-hybridized carbons (Fsp3) is 0.250. The van der Waals surface area contributed by atoms with Crippen molar-refractivity contribution in [3.63, 3.8) is 0 Å². The number of halogens is 2. The van der Waals surface area contributed by atoms with E-state index in [4.69, 9.17) is 23.2 Å². The molecule has 0 radical (unpaired) electrons. The summed E-state index contributed by atoms with van der Waals surface area (Å²) in [5, 5.41) is 3.19. The number of nitrogens with zero attached hydrogens (tertiary/aromatic N) is 2. The van der Waals surface area contributed by atoms with Crippen LogP contribution in [-0.2, 0) is 21.4 Å². The molecule has 0 bridgehead atoms. The number of rotatable bonds is 6. The van der Waals surface area contributed by atoms with Crippen molar-refractivity contribution in [1.29, 1.82) is 0 Å². The third kappa shape index (κ3) is 5.07. The zero-order chi connectivity index (χ0) is 18.6. The molecule has 1 unspecified atom stereocenters. The molecule has 134 valence electrons. The van der Waals surface area contributed by atoms with E-state index in [0.29, 0.717) is 5.02 Å². The fourth-order valence-electron chi connectivity index (χ4n) is 2.28. The minimum Gasteiger partial charge on any atom is -0.350 e. The Balaban J connectivity index is 2.25. The maximum Gasteiger partial charge on any atom is 0.243 e. The first-order valence-corrected chi connectivity index (χ1v) is 9.91. The van der Waals surface area contributed by atoms with Crippen LogP contribution in [-0.4, -0.2) is 31.6 Å². The van der Waals surface area contributed by atoms with E-state index in [1.54, 1.807) is 30.6 Å². The molecule has 25 heavy (non-hydrogen) atoms. The second-order valence-corrected chi connectivity index (χ2v) is 8.11. The Labute approximate surface area is 156 Å². The molecule has 1 aromatic carbocycles. The van der Waals surface area contributed by atoms with Crippen LogP contribution in [0, 0.1) is 0 Å². The number of carbonyl (C=O) groups is 1. The molecule has 6 nitrogen and oxygen atoms in total. The van der Waals surface area contributed by atoms with Crippen molar-refractivity contribution >= 4 is 44.8 Å². The maximum absolute atomic E-state index is 12.5. The van der Waals surface area contributed by atoms with Crippen LogP contribution in [0.3, 0.4) is 0 Å². The summed E-state index contributed by atoms with van der Waals surface area (Å²) < 4.78 is 25.5. The van der Waals surface area contributed by atoms with Gasteiger partial charge in [0.15, 0.2) is 0 Å². The number of benzene rings is 1. The van der Waals surface area contributed by atoms with Gasteiger partial charge in [0.2, 0.25) is 15.9 Å². The highest BCUT2D eigenvalue weighted by molar-refractivity contribution is 7.92. The van der Waals surface area contributed by atoms with Crippen LogP contribution in [0.5, 0.6) is 0 Å². The number of aromatic nitrogens is 1. The molecule has 1 atom stereocenters. The van der Waals surface area contributed by atoms with Crippen LogP contribution < -0.4 is 9.62 Å². The van der Waals surface area contributed by atoms with Gasteiger partial charge in [0.25, 0.3) is 0 Å². The molecule has 1 aromatic heterocycles. The average Bonchev–Trinajstić information content (AvgIpc) is 2.55. The van der Waals surface area contributed by atoms with Gasteiger partial charge in [-0.1, -0.05) is 29.3 Å². The van der Waals surface area contributed by atoms with E-state index in [1.165, 1.54) is 19.1 Å². The molecule has 0 spiro atoms. The van der Waals surface area contributed by atoms with Crippen molar-refractivity contribution in [2.24, 2.45) is 0 Å². The second-order valence-electron chi connectivity index (χ2n) is 5.41. The minimum atomic E-state index is -3.77. The molecule has 2 aromatic rings. The Kier molecular flexibility index (Phi) is 6.26. The van der Waals surface area contributed by atoms with Crippen LogP contribution in [0.15, 0.2) is 42.7 Å². The molecule has 1 amide bonds. The SMILES string of the molecule is CC(C(=O)NCc1cccnc1)N(c1cc(Cl)ccc1Cl)S(C)(=O)=O. The van der Waals surface area contributed by atoms with E-state index < -0.39 is 22.0 Å². The Hall–Kier alpha value is -1.83. The molecule has 2 rings (SSSR count). The monoisotopic (exact) mass is 401 g/mol. The molecule has 0 aliphatic carbocycles. The zero-order valence-electron chi connectivity index (χ0n) is 13.6. The van der Waals surface area contributed by atoms with E-state index in [9.17, 15) is 13.2 Å². The second kappa shape index (κ2) is 8.03. The highest BCUT2D eigenvalue weighted by atomic mass is 35.5. The molecule has 9 heteroatoms. The first kappa shape index (κ1) is 19.5. The zero-order valence-corrected chi connectivity index (χ0v) is 15.9. The molecule has 1 heterocycles. The van der Waals surface area contributed by atoms with E-state index in [-0.39, 0.29) is 17.3 Å². The van der Waals surface area contributed by atoms with Gasteiger partial charge in [-0.05, 0) is 36.8 Å². The van der Waals surface area contributed by atoms with Gasteiger partial charge < -0.3 is 5.32 Å². The molecular weight excluding hydrogens is 385 g/mol. The Bertz CT molecular complexity index is 860. The quantitative estimate of drug-likeness (QED) is 0.806. The Morgan fingerprint density at radius 3 is 2.64 bits per heavy atom. The topological polar surface area (TPSA) is 79.4 Å². The van der Waals surface area contributed by atoms with Crippen molar-refractivity contribution in [3.8, 4) is 0 Å². The highest BCUT2D eigenvalue weighted by Gasteiger charge is 2.30. The van der Waals surface area contributed by atoms with Crippen molar-refractivity contribution in [2.75, 3.05) is 10.6 Å². The molecule has 1 N–H and O–H groups in total. The smallest absolute Gasteiger partial charge is 0.243 e. The lowest BCUT2D eigenvalue weighted by Gasteiger charge is -2.29. The summed E-state index contributed by atoms with van der Waals surface area (Å²) in [6, 6.07) is 6.98. The number of nitrogens with one attached hydrogen (secondary N) is 1. The van der Waals surface area contributed by atoms with Crippen molar-refractivity contribution in [1.82, 2.24) is 10.3 Å². The van der Waals surface area contributed by atoms with Gasteiger partial charge in [-0.2, -0.15) is 0 Å². The lowest BCUT2D eigenvalue weighted by atomic mass is 10.2. The third-order valence-electron chi connectivity index (χ3n) is 3.42. The lowest BCUT2D eigenvalue weighted by Crippen LogP contribution is -2.47. The highest BCUT2D eigenvalue weighted by Crippen LogP contribution is 2.32. The summed E-state index contributed by atoms with van der Waals surface area (Å²) in [6.07, 6.45) is 4.25. The predicted molar refractivity (Wildman–Crippen MR) is 99.3 cm³/mol. The van der Waals surface area contributed by atoms with Gasteiger partial charge in [0.05, 0.1) is 17.0 Å². The van der Waals surface area contributed by atoms with Gasteiger partial charge in [-0.3, -0.25) is 14.1 Å².